The van der Waals surface area contributed by atoms with E-state index in [1.165, 1.54) is 32.7 Å². The van der Waals surface area contributed by atoms with Gasteiger partial charge in [0.2, 0.25) is 0 Å². The van der Waals surface area contributed by atoms with Gasteiger partial charge in [-0.2, -0.15) is 0 Å². The minimum absolute atomic E-state index is 0.912. The lowest BCUT2D eigenvalue weighted by molar-refractivity contribution is 0.112. The Morgan fingerprint density at radius 3 is 2.04 bits per heavy atom. The van der Waals surface area contributed by atoms with Gasteiger partial charge in [-0.1, -0.05) is 52.6 Å². The summed E-state index contributed by atoms with van der Waals surface area (Å²) in [5.74, 6) is 1.16. The first kappa shape index (κ1) is 21.2. The molecule has 0 radical (unpaired) electrons. The molecule has 2 aromatic rings. The summed E-state index contributed by atoms with van der Waals surface area (Å²) in [5, 5.41) is 0. The lowest BCUT2D eigenvalue weighted by Crippen LogP contribution is -2.35. The van der Waals surface area contributed by atoms with Gasteiger partial charge in [0.05, 0.1) is 25.2 Å². The number of aldehydes is 1. The van der Waals surface area contributed by atoms with Crippen LogP contribution in [0.1, 0.15) is 29.4 Å². The van der Waals surface area contributed by atoms with Crippen LogP contribution in [0.15, 0.2) is 16.3 Å². The number of thioether (sulfide) groups is 1. The summed E-state index contributed by atoms with van der Waals surface area (Å²) in [5.41, 5.74) is 2.49. The van der Waals surface area contributed by atoms with Crippen LogP contribution in [-0.4, -0.2) is 28.2 Å². The number of unbranched alkanes of at least 4 members (excludes halogenated alkanes) is 1. The molecule has 0 bridgehead atoms. The number of hydrogen-bond donors (Lipinski definition) is 0. The molecule has 0 saturated carbocycles. The molecule has 0 spiro atoms. The van der Waals surface area contributed by atoms with Crippen LogP contribution in [0.5, 0.6) is 0 Å². The van der Waals surface area contributed by atoms with Gasteiger partial charge in [0.1, 0.15) is 0 Å². The molecule has 0 atom stereocenters. The van der Waals surface area contributed by atoms with Crippen molar-refractivity contribution in [3.8, 4) is 11.1 Å². The second-order valence-corrected chi connectivity index (χ2v) is 22.8. The summed E-state index contributed by atoms with van der Waals surface area (Å²) in [6, 6.07) is 4.72. The first-order valence-corrected chi connectivity index (χ1v) is 18.6. The summed E-state index contributed by atoms with van der Waals surface area (Å²) >= 11 is 5.67. The smallest absolute Gasteiger partial charge is 0.160 e. The molecule has 2 rings (SSSR count). The molecule has 0 unspecified atom stereocenters. The fraction of sp³-hybridized carbons (Fsp3) is 0.526. The largest absolute Gasteiger partial charge is 0.297 e. The van der Waals surface area contributed by atoms with Crippen LogP contribution < -0.4 is 9.00 Å². The molecule has 0 aliphatic heterocycles. The Bertz CT molecular complexity index is 733. The molecule has 6 heteroatoms. The van der Waals surface area contributed by atoms with Crippen LogP contribution in [-0.2, 0) is 0 Å². The molecule has 0 fully saturated rings. The van der Waals surface area contributed by atoms with E-state index in [1.807, 2.05) is 23.1 Å². The summed E-state index contributed by atoms with van der Waals surface area (Å²) in [7, 11) is -2.76. The Morgan fingerprint density at radius 2 is 1.52 bits per heavy atom. The van der Waals surface area contributed by atoms with Gasteiger partial charge in [0.15, 0.2) is 6.29 Å². The second-order valence-electron chi connectivity index (χ2n) is 8.52. The molecule has 138 valence electrons. The SMILES string of the molecule is CCCCSc1sc([Si](C)(C)C)cc1-c1cc([Si](C)(C)C)sc1C=O. The normalized spacial score (nSPS) is 12.6. The van der Waals surface area contributed by atoms with Gasteiger partial charge in [-0.15, -0.1) is 34.4 Å². The van der Waals surface area contributed by atoms with Crippen molar-refractivity contribution in [1.29, 1.82) is 0 Å². The standard InChI is InChI=1S/C19H30OS3Si2/c1-8-9-10-21-19-15(12-18(23-19)25(5,6)7)14-11-17(24(2,3)4)22-16(14)13-20/h11-13H,8-10H2,1-7H3. The maximum absolute atomic E-state index is 11.7. The highest BCUT2D eigenvalue weighted by atomic mass is 32.2. The van der Waals surface area contributed by atoms with Gasteiger partial charge in [0.25, 0.3) is 0 Å². The van der Waals surface area contributed by atoms with E-state index in [4.69, 9.17) is 0 Å². The Morgan fingerprint density at radius 1 is 0.960 bits per heavy atom. The van der Waals surface area contributed by atoms with E-state index < -0.39 is 16.1 Å². The van der Waals surface area contributed by atoms with Crippen molar-refractivity contribution in [3.05, 3.63) is 17.0 Å². The number of thiophene rings is 2. The second kappa shape index (κ2) is 8.25. The van der Waals surface area contributed by atoms with Crippen molar-refractivity contribution in [1.82, 2.24) is 0 Å². The summed E-state index contributed by atoms with van der Waals surface area (Å²) in [4.78, 5) is 12.7. The molecule has 0 aromatic carbocycles. The van der Waals surface area contributed by atoms with E-state index in [0.717, 1.165) is 16.9 Å². The van der Waals surface area contributed by atoms with E-state index in [9.17, 15) is 4.79 Å². The molecule has 25 heavy (non-hydrogen) atoms. The summed E-state index contributed by atoms with van der Waals surface area (Å²) in [6.45, 7) is 16.5. The predicted molar refractivity (Wildman–Crippen MR) is 125 cm³/mol. The predicted octanol–water partition coefficient (Wildman–Crippen LogP) is 6.27. The topological polar surface area (TPSA) is 17.1 Å². The van der Waals surface area contributed by atoms with Gasteiger partial charge in [-0.05, 0) is 33.3 Å². The third-order valence-electron chi connectivity index (χ3n) is 4.07. The van der Waals surface area contributed by atoms with E-state index in [-0.39, 0.29) is 0 Å². The fourth-order valence-electron chi connectivity index (χ4n) is 2.42. The molecule has 2 aromatic heterocycles. The lowest BCUT2D eigenvalue weighted by atomic mass is 10.1. The molecular weight excluding hydrogens is 397 g/mol. The van der Waals surface area contributed by atoms with Crippen molar-refractivity contribution in [2.45, 2.75) is 63.3 Å². The molecule has 2 heterocycles. The number of carbonyl (C=O) groups excluding carboxylic acids is 1. The highest BCUT2D eigenvalue weighted by Crippen LogP contribution is 2.39. The van der Waals surface area contributed by atoms with Crippen LogP contribution >= 0.6 is 34.4 Å². The maximum Gasteiger partial charge on any atom is 0.160 e. The lowest BCUT2D eigenvalue weighted by Gasteiger charge is -2.12. The maximum atomic E-state index is 11.7. The zero-order chi connectivity index (χ0) is 18.8. The number of rotatable bonds is 8. The molecule has 0 aliphatic carbocycles. The van der Waals surface area contributed by atoms with Gasteiger partial charge >= 0.3 is 0 Å². The third-order valence-corrected chi connectivity index (χ3v) is 14.8. The molecular formula is C19H30OS3Si2. The average molecular weight is 427 g/mol. The molecule has 0 N–H and O–H groups in total. The van der Waals surface area contributed by atoms with Crippen LogP contribution in [0.2, 0.25) is 39.3 Å². The van der Waals surface area contributed by atoms with Crippen molar-refractivity contribution in [2.75, 3.05) is 5.75 Å². The monoisotopic (exact) mass is 426 g/mol. The highest BCUT2D eigenvalue weighted by Gasteiger charge is 2.26. The Balaban J connectivity index is 2.54. The zero-order valence-electron chi connectivity index (χ0n) is 16.5. The third kappa shape index (κ3) is 5.19. The highest BCUT2D eigenvalue weighted by molar-refractivity contribution is 8.01. The van der Waals surface area contributed by atoms with E-state index >= 15 is 0 Å². The minimum atomic E-state index is -1.41. The van der Waals surface area contributed by atoms with E-state index in [0.29, 0.717) is 0 Å². The Hall–Kier alpha value is -0.146. The molecule has 0 saturated heterocycles. The van der Waals surface area contributed by atoms with Crippen LogP contribution in [0.25, 0.3) is 11.1 Å². The van der Waals surface area contributed by atoms with Gasteiger partial charge in [0, 0.05) is 11.1 Å². The van der Waals surface area contributed by atoms with Crippen molar-refractivity contribution in [3.63, 3.8) is 0 Å². The van der Waals surface area contributed by atoms with Crippen molar-refractivity contribution in [2.24, 2.45) is 0 Å². The van der Waals surface area contributed by atoms with E-state index in [2.05, 4.69) is 58.3 Å². The minimum Gasteiger partial charge on any atom is -0.297 e. The molecule has 1 nitrogen and oxygen atoms in total. The molecule has 0 amide bonds. The quantitative estimate of drug-likeness (QED) is 0.214. The van der Waals surface area contributed by atoms with Crippen LogP contribution in [0.4, 0.5) is 0 Å². The van der Waals surface area contributed by atoms with Gasteiger partial charge in [-0.3, -0.25) is 4.79 Å². The van der Waals surface area contributed by atoms with Crippen LogP contribution in [0, 0.1) is 0 Å². The van der Waals surface area contributed by atoms with Crippen molar-refractivity contribution < 1.29 is 4.79 Å². The average Bonchev–Trinajstić information content (AvgIpc) is 3.09. The first-order chi connectivity index (χ1) is 11.6. The van der Waals surface area contributed by atoms with Gasteiger partial charge in [-0.25, -0.2) is 0 Å². The summed E-state index contributed by atoms with van der Waals surface area (Å²) < 4.78 is 4.38. The summed E-state index contributed by atoms with van der Waals surface area (Å²) in [6.07, 6.45) is 3.54. The van der Waals surface area contributed by atoms with Crippen molar-refractivity contribution >= 4 is 65.9 Å². The fourth-order valence-corrected chi connectivity index (χ4v) is 9.98. The zero-order valence-corrected chi connectivity index (χ0v) is 20.9. The van der Waals surface area contributed by atoms with E-state index in [1.54, 1.807) is 15.8 Å². The Labute approximate surface area is 167 Å². The molecule has 0 aliphatic rings. The number of hydrogen-bond acceptors (Lipinski definition) is 4. The first-order valence-electron chi connectivity index (χ1n) is 8.95. The van der Waals surface area contributed by atoms with Crippen LogP contribution in [0.3, 0.4) is 0 Å². The van der Waals surface area contributed by atoms with Gasteiger partial charge < -0.3 is 0 Å². The Kier molecular flexibility index (Phi) is 6.98. The number of carbonyl (C=O) groups is 1.